The van der Waals surface area contributed by atoms with Gasteiger partial charge in [-0.25, -0.2) is 4.39 Å². The Labute approximate surface area is 117 Å². The molecule has 0 spiro atoms. The topological polar surface area (TPSA) is 62.4 Å². The van der Waals surface area contributed by atoms with Crippen LogP contribution in [0.25, 0.3) is 11.4 Å². The summed E-state index contributed by atoms with van der Waals surface area (Å²) in [5.41, 5.74) is 0.722. The molecule has 1 aromatic carbocycles. The maximum absolute atomic E-state index is 12.9. The maximum Gasteiger partial charge on any atom is 0.241 e. The van der Waals surface area contributed by atoms with Crippen molar-refractivity contribution in [3.63, 3.8) is 0 Å². The molecule has 0 aliphatic heterocycles. The van der Waals surface area contributed by atoms with Crippen molar-refractivity contribution in [2.24, 2.45) is 0 Å². The number of aliphatic hydroxyl groups excluding tert-OH is 1. The molecular weight excluding hydrogens is 261 g/mol. The second kappa shape index (κ2) is 7.12. The van der Waals surface area contributed by atoms with Crippen LogP contribution in [0, 0.1) is 5.82 Å². The van der Waals surface area contributed by atoms with Crippen molar-refractivity contribution in [2.45, 2.75) is 19.9 Å². The van der Waals surface area contributed by atoms with Gasteiger partial charge in [0.2, 0.25) is 11.7 Å². The minimum atomic E-state index is -0.293. The molecule has 0 saturated heterocycles. The molecule has 2 rings (SSSR count). The molecule has 1 heterocycles. The van der Waals surface area contributed by atoms with E-state index in [9.17, 15) is 4.39 Å². The standard InChI is InChI=1S/C14H18FN3O2/c1-2-18(8-3-9-19)10-13-16-14(17-20-13)11-4-6-12(15)7-5-11/h4-7,19H,2-3,8-10H2,1H3. The lowest BCUT2D eigenvalue weighted by atomic mass is 10.2. The van der Waals surface area contributed by atoms with Gasteiger partial charge in [0, 0.05) is 18.7 Å². The number of rotatable bonds is 7. The predicted octanol–water partition coefficient (Wildman–Crippen LogP) is 2.08. The Morgan fingerprint density at radius 3 is 2.70 bits per heavy atom. The molecule has 0 fully saturated rings. The summed E-state index contributed by atoms with van der Waals surface area (Å²) in [7, 11) is 0. The average molecular weight is 279 g/mol. The summed E-state index contributed by atoms with van der Waals surface area (Å²) in [6.07, 6.45) is 0.715. The third-order valence-electron chi connectivity index (χ3n) is 3.01. The van der Waals surface area contributed by atoms with Gasteiger partial charge in [-0.05, 0) is 37.2 Å². The van der Waals surface area contributed by atoms with Crippen LogP contribution < -0.4 is 0 Å². The first-order valence-electron chi connectivity index (χ1n) is 6.64. The highest BCUT2D eigenvalue weighted by Gasteiger charge is 2.12. The van der Waals surface area contributed by atoms with Crippen molar-refractivity contribution in [3.05, 3.63) is 36.0 Å². The van der Waals surface area contributed by atoms with Crippen molar-refractivity contribution in [3.8, 4) is 11.4 Å². The van der Waals surface area contributed by atoms with E-state index in [0.29, 0.717) is 24.7 Å². The second-order valence-corrected chi connectivity index (χ2v) is 4.46. The minimum Gasteiger partial charge on any atom is -0.396 e. The molecule has 0 saturated carbocycles. The van der Waals surface area contributed by atoms with E-state index in [-0.39, 0.29) is 12.4 Å². The van der Waals surface area contributed by atoms with Crippen molar-refractivity contribution < 1.29 is 14.0 Å². The Kier molecular flexibility index (Phi) is 5.20. The van der Waals surface area contributed by atoms with E-state index in [2.05, 4.69) is 15.0 Å². The van der Waals surface area contributed by atoms with Crippen LogP contribution in [0.5, 0.6) is 0 Å². The first-order chi connectivity index (χ1) is 9.72. The third-order valence-corrected chi connectivity index (χ3v) is 3.01. The van der Waals surface area contributed by atoms with Crippen molar-refractivity contribution >= 4 is 0 Å². The van der Waals surface area contributed by atoms with E-state index in [1.54, 1.807) is 12.1 Å². The molecule has 0 amide bonds. The zero-order valence-corrected chi connectivity index (χ0v) is 11.4. The number of nitrogens with zero attached hydrogens (tertiary/aromatic N) is 3. The van der Waals surface area contributed by atoms with Crippen LogP contribution in [-0.4, -0.2) is 39.8 Å². The number of halogens is 1. The molecule has 20 heavy (non-hydrogen) atoms. The molecule has 0 aliphatic rings. The average Bonchev–Trinajstić information content (AvgIpc) is 2.92. The molecule has 0 radical (unpaired) electrons. The van der Waals surface area contributed by atoms with Crippen LogP contribution in [0.2, 0.25) is 0 Å². The number of hydrogen-bond donors (Lipinski definition) is 1. The van der Waals surface area contributed by atoms with Crippen LogP contribution in [-0.2, 0) is 6.54 Å². The van der Waals surface area contributed by atoms with E-state index in [1.165, 1.54) is 12.1 Å². The first-order valence-corrected chi connectivity index (χ1v) is 6.64. The van der Waals surface area contributed by atoms with E-state index in [4.69, 9.17) is 9.63 Å². The third kappa shape index (κ3) is 3.85. The van der Waals surface area contributed by atoms with Crippen molar-refractivity contribution in [2.75, 3.05) is 19.7 Å². The molecule has 0 bridgehead atoms. The zero-order chi connectivity index (χ0) is 14.4. The lowest BCUT2D eigenvalue weighted by Gasteiger charge is -2.16. The Morgan fingerprint density at radius 2 is 2.05 bits per heavy atom. The number of aromatic nitrogens is 2. The molecule has 0 unspecified atom stereocenters. The Bertz CT molecular complexity index is 527. The van der Waals surface area contributed by atoms with E-state index in [0.717, 1.165) is 18.7 Å². The van der Waals surface area contributed by atoms with Crippen LogP contribution in [0.3, 0.4) is 0 Å². The lowest BCUT2D eigenvalue weighted by molar-refractivity contribution is 0.205. The number of aliphatic hydroxyl groups is 1. The fourth-order valence-corrected chi connectivity index (χ4v) is 1.87. The molecular formula is C14H18FN3O2. The quantitative estimate of drug-likeness (QED) is 0.840. The fraction of sp³-hybridized carbons (Fsp3) is 0.429. The van der Waals surface area contributed by atoms with Gasteiger partial charge in [0.05, 0.1) is 6.54 Å². The van der Waals surface area contributed by atoms with Gasteiger partial charge >= 0.3 is 0 Å². The van der Waals surface area contributed by atoms with Gasteiger partial charge in [-0.1, -0.05) is 12.1 Å². The minimum absolute atomic E-state index is 0.168. The highest BCUT2D eigenvalue weighted by Crippen LogP contribution is 2.16. The highest BCUT2D eigenvalue weighted by molar-refractivity contribution is 5.53. The van der Waals surface area contributed by atoms with Crippen LogP contribution in [0.1, 0.15) is 19.2 Å². The normalized spacial score (nSPS) is 11.2. The lowest BCUT2D eigenvalue weighted by Crippen LogP contribution is -2.24. The summed E-state index contributed by atoms with van der Waals surface area (Å²) in [6.45, 7) is 4.37. The SMILES string of the molecule is CCN(CCCO)Cc1nc(-c2ccc(F)cc2)no1. The summed E-state index contributed by atoms with van der Waals surface area (Å²) in [6, 6.07) is 5.97. The van der Waals surface area contributed by atoms with E-state index >= 15 is 0 Å². The van der Waals surface area contributed by atoms with Crippen LogP contribution >= 0.6 is 0 Å². The zero-order valence-electron chi connectivity index (χ0n) is 11.4. The van der Waals surface area contributed by atoms with Gasteiger partial charge in [0.15, 0.2) is 0 Å². The summed E-state index contributed by atoms with van der Waals surface area (Å²) < 4.78 is 18.1. The number of benzene rings is 1. The Morgan fingerprint density at radius 1 is 1.30 bits per heavy atom. The molecule has 1 N–H and O–H groups in total. The summed E-state index contributed by atoms with van der Waals surface area (Å²) >= 11 is 0. The Balaban J connectivity index is 2.02. The van der Waals surface area contributed by atoms with Crippen molar-refractivity contribution in [1.82, 2.24) is 15.0 Å². The second-order valence-electron chi connectivity index (χ2n) is 4.46. The van der Waals surface area contributed by atoms with Gasteiger partial charge in [-0.3, -0.25) is 4.90 Å². The molecule has 108 valence electrons. The summed E-state index contributed by atoms with van der Waals surface area (Å²) in [5.74, 6) is 0.681. The molecule has 2 aromatic rings. The molecule has 5 nitrogen and oxygen atoms in total. The van der Waals surface area contributed by atoms with E-state index in [1.807, 2.05) is 6.92 Å². The predicted molar refractivity (Wildman–Crippen MR) is 72.3 cm³/mol. The van der Waals surface area contributed by atoms with Gasteiger partial charge in [-0.15, -0.1) is 0 Å². The monoisotopic (exact) mass is 279 g/mol. The molecule has 6 heteroatoms. The van der Waals surface area contributed by atoms with Gasteiger partial charge in [0.25, 0.3) is 0 Å². The largest absolute Gasteiger partial charge is 0.396 e. The first kappa shape index (κ1) is 14.6. The summed E-state index contributed by atoms with van der Waals surface area (Å²) in [5, 5.41) is 12.7. The smallest absolute Gasteiger partial charge is 0.241 e. The van der Waals surface area contributed by atoms with Gasteiger partial charge in [0.1, 0.15) is 5.82 Å². The molecule has 1 aromatic heterocycles. The van der Waals surface area contributed by atoms with Crippen LogP contribution in [0.15, 0.2) is 28.8 Å². The number of hydrogen-bond acceptors (Lipinski definition) is 5. The highest BCUT2D eigenvalue weighted by atomic mass is 19.1. The Hall–Kier alpha value is -1.79. The van der Waals surface area contributed by atoms with Gasteiger partial charge in [-0.2, -0.15) is 4.98 Å². The van der Waals surface area contributed by atoms with Gasteiger partial charge < -0.3 is 9.63 Å². The molecule has 0 aliphatic carbocycles. The fourth-order valence-electron chi connectivity index (χ4n) is 1.87. The van der Waals surface area contributed by atoms with Crippen molar-refractivity contribution in [1.29, 1.82) is 0 Å². The summed E-state index contributed by atoms with van der Waals surface area (Å²) in [4.78, 5) is 6.41. The molecule has 0 atom stereocenters. The van der Waals surface area contributed by atoms with Crippen LogP contribution in [0.4, 0.5) is 4.39 Å². The maximum atomic E-state index is 12.9. The van der Waals surface area contributed by atoms with E-state index < -0.39 is 0 Å².